The van der Waals surface area contributed by atoms with Crippen molar-refractivity contribution in [3.63, 3.8) is 0 Å². The summed E-state index contributed by atoms with van der Waals surface area (Å²) in [4.78, 5) is 24.0. The summed E-state index contributed by atoms with van der Waals surface area (Å²) in [6.45, 7) is 5.85. The molecule has 1 unspecified atom stereocenters. The summed E-state index contributed by atoms with van der Waals surface area (Å²) >= 11 is 0. The number of nitrogens with one attached hydrogen (secondary N) is 2. The van der Waals surface area contributed by atoms with Gasteiger partial charge in [-0.05, 0) is 31.2 Å². The fraction of sp³-hybridized carbons (Fsp3) is 0.286. The lowest BCUT2D eigenvalue weighted by molar-refractivity contribution is -0.136. The highest BCUT2D eigenvalue weighted by Gasteiger charge is 2.29. The van der Waals surface area contributed by atoms with Gasteiger partial charge >= 0.3 is 11.8 Å². The number of fused-ring (bicyclic) bond motifs is 1. The Kier molecular flexibility index (Phi) is 8.11. The zero-order chi connectivity index (χ0) is 22.1. The summed E-state index contributed by atoms with van der Waals surface area (Å²) in [5.41, 5.74) is 0.944. The molecule has 3 rings (SSSR count). The molecule has 2 aromatic carbocycles. The second kappa shape index (κ2) is 10.5. The summed E-state index contributed by atoms with van der Waals surface area (Å²) in [5.74, 6) is -1.49. The monoisotopic (exact) mass is 431 g/mol. The van der Waals surface area contributed by atoms with Crippen LogP contribution in [0, 0.1) is 0 Å². The van der Waals surface area contributed by atoms with E-state index in [9.17, 15) is 18.0 Å². The molecule has 0 saturated carbocycles. The summed E-state index contributed by atoms with van der Waals surface area (Å²) in [7, 11) is -3.73. The lowest BCUT2D eigenvalue weighted by Crippen LogP contribution is -2.41. The van der Waals surface area contributed by atoms with Crippen molar-refractivity contribution in [3.8, 4) is 0 Å². The molecule has 0 aliphatic carbocycles. The molecule has 0 spiro atoms. The van der Waals surface area contributed by atoms with Crippen LogP contribution in [0.2, 0.25) is 0 Å². The van der Waals surface area contributed by atoms with Crippen LogP contribution >= 0.6 is 0 Å². The molecule has 2 amide bonds. The van der Waals surface area contributed by atoms with Crippen LogP contribution in [0.1, 0.15) is 32.8 Å². The number of anilines is 1. The molecule has 1 heterocycles. The predicted octanol–water partition coefficient (Wildman–Crippen LogP) is 2.71. The lowest BCUT2D eigenvalue weighted by atomic mass is 10.2. The molecule has 0 fully saturated rings. The minimum Gasteiger partial charge on any atom is -0.477 e. The van der Waals surface area contributed by atoms with Gasteiger partial charge in [-0.15, -0.1) is 4.40 Å². The molecule has 1 atom stereocenters. The van der Waals surface area contributed by atoms with Crippen LogP contribution in [0.4, 0.5) is 5.69 Å². The maximum atomic E-state index is 12.0. The third kappa shape index (κ3) is 5.90. The van der Waals surface area contributed by atoms with E-state index in [4.69, 9.17) is 4.74 Å². The van der Waals surface area contributed by atoms with Crippen molar-refractivity contribution in [1.82, 2.24) is 5.32 Å². The van der Waals surface area contributed by atoms with E-state index in [0.29, 0.717) is 17.7 Å². The number of nitrogens with zero attached hydrogens (tertiary/aromatic N) is 1. The number of carbonyl (C=O) groups excluding carboxylic acids is 2. The van der Waals surface area contributed by atoms with Gasteiger partial charge in [0.05, 0.1) is 12.2 Å². The van der Waals surface area contributed by atoms with E-state index in [1.807, 2.05) is 13.8 Å². The molecule has 0 radical (unpaired) electrons. The average molecular weight is 432 g/mol. The van der Waals surface area contributed by atoms with E-state index in [-0.39, 0.29) is 23.4 Å². The highest BCUT2D eigenvalue weighted by Crippen LogP contribution is 2.26. The number of sulfonamides is 1. The fourth-order valence-corrected chi connectivity index (χ4v) is 3.73. The molecular formula is C21H25N3O5S. The van der Waals surface area contributed by atoms with E-state index in [0.717, 1.165) is 0 Å². The Balaban J connectivity index is 0.00000155. The third-order valence-electron chi connectivity index (χ3n) is 4.00. The lowest BCUT2D eigenvalue weighted by Gasteiger charge is -2.14. The SMILES string of the molecule is CC.CC(CCOC1=NS(=O)(=O)c2ccccc21)NC(=O)C(=O)Nc1ccccc1. The highest BCUT2D eigenvalue weighted by atomic mass is 32.2. The van der Waals surface area contributed by atoms with E-state index in [1.165, 1.54) is 6.07 Å². The first-order valence-corrected chi connectivity index (χ1v) is 11.0. The first-order valence-electron chi connectivity index (χ1n) is 9.61. The van der Waals surface area contributed by atoms with Gasteiger partial charge in [-0.3, -0.25) is 9.59 Å². The molecular weight excluding hydrogens is 406 g/mol. The van der Waals surface area contributed by atoms with Gasteiger partial charge in [0.2, 0.25) is 5.90 Å². The first kappa shape index (κ1) is 23.1. The predicted molar refractivity (Wildman–Crippen MR) is 115 cm³/mol. The van der Waals surface area contributed by atoms with Gasteiger partial charge in [-0.1, -0.05) is 44.2 Å². The largest absolute Gasteiger partial charge is 0.477 e. The molecule has 1 aliphatic rings. The summed E-state index contributed by atoms with van der Waals surface area (Å²) < 4.78 is 33.1. The van der Waals surface area contributed by atoms with Gasteiger partial charge < -0.3 is 15.4 Å². The number of para-hydroxylation sites is 1. The zero-order valence-electron chi connectivity index (χ0n) is 17.1. The number of hydrogen-bond acceptors (Lipinski definition) is 5. The Labute approximate surface area is 176 Å². The standard InChI is InChI=1S/C19H19N3O5S.C2H6/c1-13(20-17(23)18(24)21-14-7-3-2-4-8-14)11-12-27-19-15-9-5-6-10-16(15)28(25,26)22-19;1-2/h2-10,13H,11-12H2,1H3,(H,20,23)(H,21,24);1-2H3. The molecule has 0 aromatic heterocycles. The van der Waals surface area contributed by atoms with Crippen molar-refractivity contribution in [2.75, 3.05) is 11.9 Å². The number of carbonyl (C=O) groups is 2. The summed E-state index contributed by atoms with van der Waals surface area (Å²) in [6.07, 6.45) is 0.367. The molecule has 2 aromatic rings. The van der Waals surface area contributed by atoms with Crippen molar-refractivity contribution < 1.29 is 22.7 Å². The first-order chi connectivity index (χ1) is 14.4. The molecule has 30 heavy (non-hydrogen) atoms. The van der Waals surface area contributed by atoms with Crippen LogP contribution in [0.5, 0.6) is 0 Å². The van der Waals surface area contributed by atoms with E-state index < -0.39 is 21.8 Å². The van der Waals surface area contributed by atoms with Crippen LogP contribution in [0.15, 0.2) is 63.9 Å². The van der Waals surface area contributed by atoms with Gasteiger partial charge in [0.1, 0.15) is 4.90 Å². The van der Waals surface area contributed by atoms with Crippen molar-refractivity contribution in [1.29, 1.82) is 0 Å². The molecule has 0 bridgehead atoms. The summed E-state index contributed by atoms with van der Waals surface area (Å²) in [6, 6.07) is 14.7. The Morgan fingerprint density at radius 2 is 1.63 bits per heavy atom. The van der Waals surface area contributed by atoms with Crippen LogP contribution in [0.3, 0.4) is 0 Å². The normalized spacial score (nSPS) is 14.3. The number of benzene rings is 2. The molecule has 9 heteroatoms. The van der Waals surface area contributed by atoms with Gasteiger partial charge in [0.25, 0.3) is 10.0 Å². The zero-order valence-corrected chi connectivity index (χ0v) is 17.9. The Hall–Kier alpha value is -3.20. The molecule has 8 nitrogen and oxygen atoms in total. The molecule has 1 aliphatic heterocycles. The molecule has 0 saturated heterocycles. The maximum absolute atomic E-state index is 12.0. The van der Waals surface area contributed by atoms with Crippen LogP contribution in [-0.2, 0) is 24.3 Å². The van der Waals surface area contributed by atoms with Gasteiger partial charge in [-0.25, -0.2) is 0 Å². The Bertz CT molecular complexity index is 1020. The van der Waals surface area contributed by atoms with Crippen LogP contribution < -0.4 is 10.6 Å². The quantitative estimate of drug-likeness (QED) is 0.707. The van der Waals surface area contributed by atoms with E-state index >= 15 is 0 Å². The number of hydrogen-bond donors (Lipinski definition) is 2. The summed E-state index contributed by atoms with van der Waals surface area (Å²) in [5, 5.41) is 5.07. The second-order valence-electron chi connectivity index (χ2n) is 6.20. The minimum atomic E-state index is -3.73. The maximum Gasteiger partial charge on any atom is 0.313 e. The molecule has 160 valence electrons. The second-order valence-corrected chi connectivity index (χ2v) is 7.77. The molecule has 2 N–H and O–H groups in total. The van der Waals surface area contributed by atoms with Gasteiger partial charge in [0, 0.05) is 18.2 Å². The number of ether oxygens (including phenoxy) is 1. The Morgan fingerprint density at radius 1 is 1.00 bits per heavy atom. The topological polar surface area (TPSA) is 114 Å². The van der Waals surface area contributed by atoms with E-state index in [1.54, 1.807) is 55.5 Å². The fourth-order valence-electron chi connectivity index (χ4n) is 2.58. The average Bonchev–Trinajstić information content (AvgIpc) is 3.00. The smallest absolute Gasteiger partial charge is 0.313 e. The van der Waals surface area contributed by atoms with Crippen LogP contribution in [-0.4, -0.2) is 38.8 Å². The van der Waals surface area contributed by atoms with E-state index in [2.05, 4.69) is 15.0 Å². The van der Waals surface area contributed by atoms with Crippen molar-refractivity contribution in [2.24, 2.45) is 4.40 Å². The van der Waals surface area contributed by atoms with Crippen molar-refractivity contribution in [2.45, 2.75) is 38.1 Å². The number of amides is 2. The highest BCUT2D eigenvalue weighted by molar-refractivity contribution is 7.90. The van der Waals surface area contributed by atoms with Crippen molar-refractivity contribution >= 4 is 33.4 Å². The minimum absolute atomic E-state index is 0.0379. The number of rotatable bonds is 5. The van der Waals surface area contributed by atoms with Crippen molar-refractivity contribution in [3.05, 3.63) is 60.2 Å². The van der Waals surface area contributed by atoms with Gasteiger partial charge in [0.15, 0.2) is 0 Å². The third-order valence-corrected chi connectivity index (χ3v) is 5.32. The van der Waals surface area contributed by atoms with Gasteiger partial charge in [-0.2, -0.15) is 8.42 Å². The Morgan fingerprint density at radius 3 is 2.33 bits per heavy atom. The van der Waals surface area contributed by atoms with Crippen LogP contribution in [0.25, 0.3) is 0 Å².